The van der Waals surface area contributed by atoms with Crippen molar-refractivity contribution in [1.82, 2.24) is 0 Å². The summed E-state index contributed by atoms with van der Waals surface area (Å²) >= 11 is 0. The van der Waals surface area contributed by atoms with Crippen LogP contribution in [0.3, 0.4) is 0 Å². The van der Waals surface area contributed by atoms with Gasteiger partial charge >= 0.3 is 0 Å². The number of fused-ring (bicyclic) bond motifs is 1. The third kappa shape index (κ3) is 2.54. The fourth-order valence-corrected chi connectivity index (χ4v) is 2.69. The average Bonchev–Trinajstić information content (AvgIpc) is 2.49. The van der Waals surface area contributed by atoms with Crippen molar-refractivity contribution >= 4 is 23.3 Å². The summed E-state index contributed by atoms with van der Waals surface area (Å²) in [5.74, 6) is 8.00. The van der Waals surface area contributed by atoms with E-state index in [9.17, 15) is 9.59 Å². The summed E-state index contributed by atoms with van der Waals surface area (Å²) in [5, 5.41) is 0. The second-order valence-corrected chi connectivity index (χ2v) is 5.03. The third-order valence-corrected chi connectivity index (χ3v) is 3.78. The minimum Gasteiger partial charge on any atom is -0.398 e. The smallest absolute Gasteiger partial charge is 0.185 e. The highest BCUT2D eigenvalue weighted by atomic mass is 16.6. The highest BCUT2D eigenvalue weighted by Crippen LogP contribution is 2.39. The van der Waals surface area contributed by atoms with Gasteiger partial charge in [0.05, 0.1) is 5.92 Å². The van der Waals surface area contributed by atoms with E-state index in [1.165, 1.54) is 6.08 Å². The molecule has 1 aliphatic carbocycles. The molecule has 8 heteroatoms. The Morgan fingerprint density at radius 1 is 1.18 bits per heavy atom. The first kappa shape index (κ1) is 16.3. The van der Waals surface area contributed by atoms with Gasteiger partial charge in [0.25, 0.3) is 0 Å². The number of nitrogen functional groups attached to an aromatic ring is 1. The molecule has 2 rings (SSSR count). The van der Waals surface area contributed by atoms with Crippen molar-refractivity contribution in [2.24, 2.45) is 23.4 Å². The van der Waals surface area contributed by atoms with E-state index < -0.39 is 29.6 Å². The third-order valence-electron chi connectivity index (χ3n) is 3.78. The van der Waals surface area contributed by atoms with Crippen LogP contribution in [0.25, 0.3) is 6.08 Å². The zero-order valence-corrected chi connectivity index (χ0v) is 11.8. The van der Waals surface area contributed by atoms with E-state index in [0.29, 0.717) is 16.8 Å². The van der Waals surface area contributed by atoms with Crippen LogP contribution in [0.5, 0.6) is 0 Å². The largest absolute Gasteiger partial charge is 0.398 e. The van der Waals surface area contributed by atoms with E-state index in [1.54, 1.807) is 24.3 Å². The Balaban J connectivity index is 2.59. The molecule has 0 fully saturated rings. The van der Waals surface area contributed by atoms with E-state index in [-0.39, 0.29) is 6.61 Å². The number of hydrogen-bond acceptors (Lipinski definition) is 8. The molecule has 1 aromatic carbocycles. The summed E-state index contributed by atoms with van der Waals surface area (Å²) in [6.45, 7) is -0.811. The molecule has 2 unspecified atom stereocenters. The number of nitrogens with two attached hydrogens (primary N) is 4. The standard InChI is InChI=1S/C14H18N4O4/c15-11-3-1-2-9-8(11)4-5-10(12(19)6-21-17)14(9,16)13(20)7-22-18/h1-5,10H,6-7,15-18H2. The number of carbonyl (C=O) groups excluding carboxylic acids is 2. The predicted octanol–water partition coefficient (Wildman–Crippen LogP) is -1.02. The monoisotopic (exact) mass is 306 g/mol. The van der Waals surface area contributed by atoms with E-state index in [2.05, 4.69) is 9.68 Å². The molecule has 0 heterocycles. The number of benzene rings is 1. The van der Waals surface area contributed by atoms with Crippen LogP contribution in [-0.4, -0.2) is 24.8 Å². The van der Waals surface area contributed by atoms with Crippen LogP contribution in [-0.2, 0) is 24.8 Å². The molecule has 0 amide bonds. The maximum atomic E-state index is 12.5. The number of carbonyl (C=O) groups is 2. The number of rotatable bonds is 6. The molecule has 22 heavy (non-hydrogen) atoms. The molecule has 8 nitrogen and oxygen atoms in total. The van der Waals surface area contributed by atoms with Crippen LogP contribution in [0.4, 0.5) is 5.69 Å². The first-order valence-corrected chi connectivity index (χ1v) is 6.52. The first-order chi connectivity index (χ1) is 10.5. The predicted molar refractivity (Wildman–Crippen MR) is 79.5 cm³/mol. The van der Waals surface area contributed by atoms with Crippen molar-refractivity contribution < 1.29 is 19.3 Å². The van der Waals surface area contributed by atoms with Crippen molar-refractivity contribution in [1.29, 1.82) is 0 Å². The Morgan fingerprint density at radius 3 is 2.50 bits per heavy atom. The molecule has 1 aliphatic rings. The second kappa shape index (κ2) is 6.34. The Hall–Kier alpha value is -2.10. The summed E-state index contributed by atoms with van der Waals surface area (Å²) in [6, 6.07) is 4.98. The molecule has 2 atom stereocenters. The van der Waals surface area contributed by atoms with Crippen LogP contribution < -0.4 is 23.3 Å². The highest BCUT2D eigenvalue weighted by molar-refractivity contribution is 6.01. The van der Waals surface area contributed by atoms with Crippen molar-refractivity contribution in [2.75, 3.05) is 18.9 Å². The molecule has 0 radical (unpaired) electrons. The normalized spacial score (nSPS) is 23.1. The number of Topliss-reactive ketones (excluding diaryl/α,β-unsaturated/α-hetero) is 2. The van der Waals surface area contributed by atoms with Gasteiger partial charge in [0.2, 0.25) is 0 Å². The van der Waals surface area contributed by atoms with Gasteiger partial charge in [-0.3, -0.25) is 19.3 Å². The molecule has 0 aromatic heterocycles. The summed E-state index contributed by atoms with van der Waals surface area (Å²) in [5.41, 5.74) is 12.1. The topological polar surface area (TPSA) is 157 Å². The maximum Gasteiger partial charge on any atom is 0.185 e. The molecular formula is C14H18N4O4. The second-order valence-electron chi connectivity index (χ2n) is 5.03. The van der Waals surface area contributed by atoms with E-state index >= 15 is 0 Å². The lowest BCUT2D eigenvalue weighted by Gasteiger charge is -2.37. The summed E-state index contributed by atoms with van der Waals surface area (Å²) < 4.78 is 0. The van der Waals surface area contributed by atoms with Crippen LogP contribution in [0.2, 0.25) is 0 Å². The van der Waals surface area contributed by atoms with Gasteiger partial charge in [0.1, 0.15) is 18.8 Å². The fraction of sp³-hybridized carbons (Fsp3) is 0.286. The molecule has 0 aliphatic heterocycles. The van der Waals surface area contributed by atoms with Gasteiger partial charge in [-0.15, -0.1) is 0 Å². The molecule has 118 valence electrons. The Bertz CT molecular complexity index is 631. The van der Waals surface area contributed by atoms with E-state index in [0.717, 1.165) is 0 Å². The van der Waals surface area contributed by atoms with Gasteiger partial charge < -0.3 is 11.5 Å². The van der Waals surface area contributed by atoms with Gasteiger partial charge in [-0.25, -0.2) is 11.8 Å². The van der Waals surface area contributed by atoms with Crippen molar-refractivity contribution in [3.05, 3.63) is 35.4 Å². The number of ketones is 2. The van der Waals surface area contributed by atoms with Crippen LogP contribution in [0.15, 0.2) is 24.3 Å². The Kier molecular flexibility index (Phi) is 4.69. The molecule has 0 saturated heterocycles. The molecule has 8 N–H and O–H groups in total. The maximum absolute atomic E-state index is 12.5. The lowest BCUT2D eigenvalue weighted by molar-refractivity contribution is -0.138. The molecule has 1 aromatic rings. The molecule has 0 saturated carbocycles. The van der Waals surface area contributed by atoms with Crippen LogP contribution >= 0.6 is 0 Å². The Morgan fingerprint density at radius 2 is 1.86 bits per heavy atom. The minimum absolute atomic E-state index is 0.373. The summed E-state index contributed by atoms with van der Waals surface area (Å²) in [7, 11) is 0. The lowest BCUT2D eigenvalue weighted by atomic mass is 9.69. The summed E-state index contributed by atoms with van der Waals surface area (Å²) in [4.78, 5) is 33.5. The van der Waals surface area contributed by atoms with Gasteiger partial charge in [-0.1, -0.05) is 24.3 Å². The summed E-state index contributed by atoms with van der Waals surface area (Å²) in [6.07, 6.45) is 3.18. The van der Waals surface area contributed by atoms with Crippen LogP contribution in [0, 0.1) is 5.92 Å². The van der Waals surface area contributed by atoms with Gasteiger partial charge in [0, 0.05) is 11.3 Å². The van der Waals surface area contributed by atoms with Crippen molar-refractivity contribution in [3.63, 3.8) is 0 Å². The number of hydrogen-bond donors (Lipinski definition) is 4. The fourth-order valence-electron chi connectivity index (χ4n) is 2.69. The first-order valence-electron chi connectivity index (χ1n) is 6.52. The Labute approximate surface area is 126 Å². The quantitative estimate of drug-likeness (QED) is 0.384. The van der Waals surface area contributed by atoms with Crippen molar-refractivity contribution in [3.8, 4) is 0 Å². The highest BCUT2D eigenvalue weighted by Gasteiger charge is 2.48. The minimum atomic E-state index is -1.64. The van der Waals surface area contributed by atoms with Crippen LogP contribution in [0.1, 0.15) is 11.1 Å². The van der Waals surface area contributed by atoms with Gasteiger partial charge in [-0.05, 0) is 11.6 Å². The van der Waals surface area contributed by atoms with Gasteiger partial charge in [-0.2, -0.15) is 0 Å². The zero-order chi connectivity index (χ0) is 16.3. The zero-order valence-electron chi connectivity index (χ0n) is 11.8. The number of anilines is 1. The molecule has 0 bridgehead atoms. The lowest BCUT2D eigenvalue weighted by Crippen LogP contribution is -2.56. The average molecular weight is 306 g/mol. The van der Waals surface area contributed by atoms with Gasteiger partial charge in [0.15, 0.2) is 11.6 Å². The van der Waals surface area contributed by atoms with Crippen molar-refractivity contribution in [2.45, 2.75) is 5.54 Å². The van der Waals surface area contributed by atoms with E-state index in [1.807, 2.05) is 0 Å². The van der Waals surface area contributed by atoms with E-state index in [4.69, 9.17) is 23.3 Å². The SMILES string of the molecule is NOCC(=O)C1C=Cc2c(N)cccc2C1(N)C(=O)CON. The molecular weight excluding hydrogens is 288 g/mol. The molecule has 0 spiro atoms.